The van der Waals surface area contributed by atoms with Crippen molar-refractivity contribution >= 4 is 38.2 Å². The number of pyridine rings is 1. The number of carbonyl (C=O) groups excluding carboxylic acids is 1. The highest BCUT2D eigenvalue weighted by Gasteiger charge is 2.18. The Hall–Kier alpha value is -3.71. The summed E-state index contributed by atoms with van der Waals surface area (Å²) < 4.78 is 28.3. The van der Waals surface area contributed by atoms with Gasteiger partial charge in [-0.2, -0.15) is 0 Å². The molecule has 0 unspecified atom stereocenters. The Morgan fingerprint density at radius 2 is 1.68 bits per heavy atom. The van der Waals surface area contributed by atoms with Crippen LogP contribution in [-0.4, -0.2) is 19.3 Å². The number of fused-ring (bicyclic) bond motifs is 1. The van der Waals surface area contributed by atoms with Gasteiger partial charge in [-0.25, -0.2) is 8.42 Å². The van der Waals surface area contributed by atoms with E-state index in [0.29, 0.717) is 28.0 Å². The Bertz CT molecular complexity index is 1390. The molecule has 2 N–H and O–H groups in total. The van der Waals surface area contributed by atoms with Crippen molar-refractivity contribution in [1.82, 2.24) is 4.98 Å². The first-order valence-corrected chi connectivity index (χ1v) is 11.2. The number of nitrogens with zero attached hydrogens (tertiary/aromatic N) is 1. The molecule has 6 nitrogen and oxygen atoms in total. The summed E-state index contributed by atoms with van der Waals surface area (Å²) in [6.07, 6.45) is 1.67. The van der Waals surface area contributed by atoms with Gasteiger partial charge in [0, 0.05) is 22.8 Å². The quantitative estimate of drug-likeness (QED) is 0.470. The summed E-state index contributed by atoms with van der Waals surface area (Å²) in [4.78, 5) is 17.4. The lowest BCUT2D eigenvalue weighted by Crippen LogP contribution is -2.16. The van der Waals surface area contributed by atoms with Crippen molar-refractivity contribution in [1.29, 1.82) is 0 Å². The highest BCUT2D eigenvalue weighted by Crippen LogP contribution is 2.23. The van der Waals surface area contributed by atoms with Crippen LogP contribution in [-0.2, 0) is 10.0 Å². The van der Waals surface area contributed by atoms with E-state index in [-0.39, 0.29) is 10.8 Å². The lowest BCUT2D eigenvalue weighted by atomic mass is 10.1. The average Bonchev–Trinajstić information content (AvgIpc) is 2.75. The average molecular weight is 432 g/mol. The van der Waals surface area contributed by atoms with Crippen LogP contribution in [0.5, 0.6) is 0 Å². The fraction of sp³-hybridized carbons (Fsp3) is 0.0833. The Morgan fingerprint density at radius 3 is 2.52 bits per heavy atom. The van der Waals surface area contributed by atoms with Crippen molar-refractivity contribution in [2.24, 2.45) is 0 Å². The van der Waals surface area contributed by atoms with Crippen molar-refractivity contribution in [3.8, 4) is 0 Å². The van der Waals surface area contributed by atoms with Gasteiger partial charge < -0.3 is 5.32 Å². The summed E-state index contributed by atoms with van der Waals surface area (Å²) in [5, 5.41) is 3.77. The number of carbonyl (C=O) groups is 1. The molecule has 0 spiro atoms. The smallest absolute Gasteiger partial charge is 0.262 e. The van der Waals surface area contributed by atoms with Crippen LogP contribution in [0, 0.1) is 13.8 Å². The highest BCUT2D eigenvalue weighted by molar-refractivity contribution is 7.92. The summed E-state index contributed by atoms with van der Waals surface area (Å²) in [7, 11) is -3.79. The monoisotopic (exact) mass is 431 g/mol. The summed E-state index contributed by atoms with van der Waals surface area (Å²) in [6.45, 7) is 3.58. The van der Waals surface area contributed by atoms with Gasteiger partial charge in [0.05, 0.1) is 16.1 Å². The second-order valence-corrected chi connectivity index (χ2v) is 8.94. The van der Waals surface area contributed by atoms with Gasteiger partial charge in [-0.05, 0) is 61.4 Å². The zero-order valence-corrected chi connectivity index (χ0v) is 17.9. The van der Waals surface area contributed by atoms with E-state index in [9.17, 15) is 13.2 Å². The molecule has 156 valence electrons. The zero-order chi connectivity index (χ0) is 22.0. The van der Waals surface area contributed by atoms with Gasteiger partial charge in [0.2, 0.25) is 0 Å². The van der Waals surface area contributed by atoms with E-state index in [1.807, 2.05) is 37.3 Å². The molecule has 0 radical (unpaired) electrons. The number of nitrogens with one attached hydrogen (secondary N) is 2. The predicted octanol–water partition coefficient (Wildman–Crippen LogP) is 4.90. The number of aromatic nitrogens is 1. The van der Waals surface area contributed by atoms with Crippen molar-refractivity contribution in [3.63, 3.8) is 0 Å². The van der Waals surface area contributed by atoms with E-state index in [0.717, 1.165) is 10.9 Å². The predicted molar refractivity (Wildman–Crippen MR) is 123 cm³/mol. The number of para-hydroxylation sites is 1. The Balaban J connectivity index is 1.59. The highest BCUT2D eigenvalue weighted by atomic mass is 32.2. The van der Waals surface area contributed by atoms with E-state index in [1.54, 1.807) is 49.5 Å². The van der Waals surface area contributed by atoms with Crippen LogP contribution in [0.3, 0.4) is 0 Å². The Labute approximate surface area is 181 Å². The number of aryl methyl sites for hydroxylation is 2. The lowest BCUT2D eigenvalue weighted by molar-refractivity contribution is 0.102. The molecular formula is C24H21N3O3S. The minimum Gasteiger partial charge on any atom is -0.320 e. The third-order valence-electron chi connectivity index (χ3n) is 4.89. The molecule has 0 atom stereocenters. The third-order valence-corrected chi connectivity index (χ3v) is 6.41. The Morgan fingerprint density at radius 1 is 0.903 bits per heavy atom. The maximum absolute atomic E-state index is 12.9. The number of sulfonamides is 1. The normalized spacial score (nSPS) is 11.3. The molecule has 3 aromatic carbocycles. The topological polar surface area (TPSA) is 88.2 Å². The van der Waals surface area contributed by atoms with Crippen LogP contribution in [0.25, 0.3) is 10.9 Å². The van der Waals surface area contributed by atoms with Crippen LogP contribution in [0.1, 0.15) is 21.5 Å². The number of hydrogen-bond donors (Lipinski definition) is 2. The molecule has 4 aromatic rings. The number of amides is 1. The van der Waals surface area contributed by atoms with E-state index in [4.69, 9.17) is 0 Å². The first-order valence-electron chi connectivity index (χ1n) is 9.69. The van der Waals surface area contributed by atoms with Gasteiger partial charge in [-0.3, -0.25) is 14.5 Å². The number of benzene rings is 3. The van der Waals surface area contributed by atoms with Crippen molar-refractivity contribution in [2.75, 3.05) is 10.0 Å². The van der Waals surface area contributed by atoms with Crippen molar-refractivity contribution in [2.45, 2.75) is 18.7 Å². The molecular weight excluding hydrogens is 410 g/mol. The van der Waals surface area contributed by atoms with Crippen molar-refractivity contribution in [3.05, 3.63) is 95.7 Å². The van der Waals surface area contributed by atoms with Gasteiger partial charge in [-0.1, -0.05) is 36.4 Å². The molecule has 4 rings (SSSR count). The maximum atomic E-state index is 12.9. The first kappa shape index (κ1) is 20.6. The van der Waals surface area contributed by atoms with Gasteiger partial charge in [0.1, 0.15) is 0 Å². The standard InChI is InChI=1S/C24H21N3O3S/c1-16-11-12-17(2)22(14-16)31(29,30)27-20-9-3-7-19(15-20)24(28)26-21-10-4-6-18-8-5-13-25-23(18)21/h3-15,27H,1-2H3,(H,26,28). The van der Waals surface area contributed by atoms with Gasteiger partial charge in [0.15, 0.2) is 0 Å². The van der Waals surface area contributed by atoms with E-state index < -0.39 is 10.0 Å². The maximum Gasteiger partial charge on any atom is 0.262 e. The molecule has 0 bridgehead atoms. The molecule has 0 fully saturated rings. The van der Waals surface area contributed by atoms with Gasteiger partial charge in [-0.15, -0.1) is 0 Å². The molecule has 1 amide bonds. The van der Waals surface area contributed by atoms with Crippen LogP contribution in [0.15, 0.2) is 83.9 Å². The minimum atomic E-state index is -3.79. The van der Waals surface area contributed by atoms with Crippen molar-refractivity contribution < 1.29 is 13.2 Å². The van der Waals surface area contributed by atoms with E-state index in [1.165, 1.54) is 6.07 Å². The summed E-state index contributed by atoms with van der Waals surface area (Å²) in [5.41, 5.74) is 3.41. The molecule has 7 heteroatoms. The largest absolute Gasteiger partial charge is 0.320 e. The van der Waals surface area contributed by atoms with Crippen LogP contribution >= 0.6 is 0 Å². The number of rotatable bonds is 5. The second kappa shape index (κ2) is 8.20. The van der Waals surface area contributed by atoms with Gasteiger partial charge in [0.25, 0.3) is 15.9 Å². The molecule has 0 aliphatic rings. The van der Waals surface area contributed by atoms with E-state index >= 15 is 0 Å². The summed E-state index contributed by atoms with van der Waals surface area (Å²) in [6, 6.07) is 20.9. The molecule has 1 heterocycles. The fourth-order valence-corrected chi connectivity index (χ4v) is 4.71. The molecule has 0 saturated carbocycles. The molecule has 0 saturated heterocycles. The van der Waals surface area contributed by atoms with Crippen LogP contribution in [0.2, 0.25) is 0 Å². The second-order valence-electron chi connectivity index (χ2n) is 7.29. The molecule has 31 heavy (non-hydrogen) atoms. The SMILES string of the molecule is Cc1ccc(C)c(S(=O)(=O)Nc2cccc(C(=O)Nc3cccc4cccnc34)c2)c1. The molecule has 0 aliphatic carbocycles. The summed E-state index contributed by atoms with van der Waals surface area (Å²) in [5.74, 6) is -0.356. The fourth-order valence-electron chi connectivity index (χ4n) is 3.33. The first-order chi connectivity index (χ1) is 14.8. The van der Waals surface area contributed by atoms with E-state index in [2.05, 4.69) is 15.0 Å². The molecule has 1 aromatic heterocycles. The zero-order valence-electron chi connectivity index (χ0n) is 17.1. The number of anilines is 2. The van der Waals surface area contributed by atoms with Crippen LogP contribution in [0.4, 0.5) is 11.4 Å². The Kier molecular flexibility index (Phi) is 5.44. The van der Waals surface area contributed by atoms with Gasteiger partial charge >= 0.3 is 0 Å². The molecule has 0 aliphatic heterocycles. The third kappa shape index (κ3) is 4.41. The lowest BCUT2D eigenvalue weighted by Gasteiger charge is -2.12. The van der Waals surface area contributed by atoms with Crippen LogP contribution < -0.4 is 10.0 Å². The summed E-state index contributed by atoms with van der Waals surface area (Å²) >= 11 is 0. The minimum absolute atomic E-state index is 0.212. The number of hydrogen-bond acceptors (Lipinski definition) is 4.